The predicted molar refractivity (Wildman–Crippen MR) is 61.6 cm³/mol. The molecule has 0 aliphatic heterocycles. The summed E-state index contributed by atoms with van der Waals surface area (Å²) in [7, 11) is 0. The summed E-state index contributed by atoms with van der Waals surface area (Å²) in [5, 5.41) is 8.68. The molecule has 1 heterocycles. The minimum Gasteiger partial charge on any atom is -0.476 e. The van der Waals surface area contributed by atoms with Crippen LogP contribution < -0.4 is 0 Å². The van der Waals surface area contributed by atoms with Crippen LogP contribution in [0.25, 0.3) is 11.5 Å². The predicted octanol–water partition coefficient (Wildman–Crippen LogP) is 2.64. The van der Waals surface area contributed by atoms with E-state index in [1.807, 2.05) is 24.3 Å². The Labute approximate surface area is 99.1 Å². The van der Waals surface area contributed by atoms with Crippen LogP contribution in [0.2, 0.25) is 0 Å². The number of aromatic carboxylic acids is 1. The lowest BCUT2D eigenvalue weighted by Gasteiger charge is -1.94. The van der Waals surface area contributed by atoms with E-state index in [0.29, 0.717) is 5.89 Å². The number of benzene rings is 1. The van der Waals surface area contributed by atoms with Crippen LogP contribution in [-0.4, -0.2) is 16.1 Å². The topological polar surface area (TPSA) is 63.3 Å². The number of halogens is 1. The molecular formula is C10H6INO3. The molecule has 0 spiro atoms. The maximum atomic E-state index is 10.6. The van der Waals surface area contributed by atoms with Crippen molar-refractivity contribution in [3.05, 3.63) is 39.8 Å². The molecule has 1 aromatic carbocycles. The average Bonchev–Trinajstić information content (AvgIpc) is 2.66. The molecule has 0 fully saturated rings. The van der Waals surface area contributed by atoms with Gasteiger partial charge >= 0.3 is 5.97 Å². The molecule has 0 unspecified atom stereocenters. The van der Waals surface area contributed by atoms with Gasteiger partial charge in [0.25, 0.3) is 0 Å². The summed E-state index contributed by atoms with van der Waals surface area (Å²) in [4.78, 5) is 14.4. The molecular weight excluding hydrogens is 309 g/mol. The lowest BCUT2D eigenvalue weighted by Crippen LogP contribution is -1.95. The van der Waals surface area contributed by atoms with Crippen molar-refractivity contribution in [2.24, 2.45) is 0 Å². The largest absolute Gasteiger partial charge is 0.476 e. The van der Waals surface area contributed by atoms with E-state index in [0.717, 1.165) is 15.4 Å². The highest BCUT2D eigenvalue weighted by molar-refractivity contribution is 14.1. The second-order valence-corrected chi connectivity index (χ2v) is 4.10. The Kier molecular flexibility index (Phi) is 2.72. The molecule has 5 heteroatoms. The van der Waals surface area contributed by atoms with Crippen molar-refractivity contribution in [1.82, 2.24) is 4.98 Å². The molecule has 15 heavy (non-hydrogen) atoms. The van der Waals surface area contributed by atoms with Gasteiger partial charge in [0.15, 0.2) is 5.69 Å². The van der Waals surface area contributed by atoms with Gasteiger partial charge in [0, 0.05) is 9.13 Å². The first-order valence-electron chi connectivity index (χ1n) is 4.11. The van der Waals surface area contributed by atoms with Crippen molar-refractivity contribution in [2.45, 2.75) is 0 Å². The van der Waals surface area contributed by atoms with Gasteiger partial charge in [-0.3, -0.25) is 0 Å². The maximum absolute atomic E-state index is 10.6. The van der Waals surface area contributed by atoms with E-state index >= 15 is 0 Å². The average molecular weight is 315 g/mol. The van der Waals surface area contributed by atoms with E-state index in [-0.39, 0.29) is 5.69 Å². The summed E-state index contributed by atoms with van der Waals surface area (Å²) in [6.07, 6.45) is 1.14. The SMILES string of the molecule is O=C(O)c1coc(-c2cccc(I)c2)n1. The minimum atomic E-state index is -1.09. The van der Waals surface area contributed by atoms with Crippen LogP contribution in [0.5, 0.6) is 0 Å². The Balaban J connectivity index is 2.41. The smallest absolute Gasteiger partial charge is 0.357 e. The van der Waals surface area contributed by atoms with Gasteiger partial charge in [-0.15, -0.1) is 0 Å². The van der Waals surface area contributed by atoms with E-state index in [1.165, 1.54) is 0 Å². The Hall–Kier alpha value is -1.37. The normalized spacial score (nSPS) is 10.2. The number of nitrogens with zero attached hydrogens (tertiary/aromatic N) is 1. The number of carboxylic acids is 1. The Morgan fingerprint density at radius 2 is 2.27 bits per heavy atom. The van der Waals surface area contributed by atoms with Gasteiger partial charge in [0.2, 0.25) is 5.89 Å². The second-order valence-electron chi connectivity index (χ2n) is 2.85. The van der Waals surface area contributed by atoms with Gasteiger partial charge in [0.1, 0.15) is 6.26 Å². The first-order chi connectivity index (χ1) is 7.16. The van der Waals surface area contributed by atoms with Crippen LogP contribution in [-0.2, 0) is 0 Å². The molecule has 4 nitrogen and oxygen atoms in total. The number of rotatable bonds is 2. The maximum Gasteiger partial charge on any atom is 0.357 e. The fourth-order valence-corrected chi connectivity index (χ4v) is 1.67. The van der Waals surface area contributed by atoms with Crippen LogP contribution >= 0.6 is 22.6 Å². The zero-order valence-electron chi connectivity index (χ0n) is 7.48. The molecule has 0 bridgehead atoms. The number of oxazole rings is 1. The van der Waals surface area contributed by atoms with Crippen LogP contribution in [0.15, 0.2) is 34.9 Å². The lowest BCUT2D eigenvalue weighted by molar-refractivity contribution is 0.0690. The van der Waals surface area contributed by atoms with E-state index in [9.17, 15) is 4.79 Å². The number of carboxylic acid groups (broad SMARTS) is 1. The van der Waals surface area contributed by atoms with Gasteiger partial charge in [-0.1, -0.05) is 6.07 Å². The number of carbonyl (C=O) groups is 1. The molecule has 0 radical (unpaired) electrons. The van der Waals surface area contributed by atoms with Gasteiger partial charge in [0.05, 0.1) is 0 Å². The molecule has 0 atom stereocenters. The van der Waals surface area contributed by atoms with Crippen LogP contribution in [0.1, 0.15) is 10.5 Å². The van der Waals surface area contributed by atoms with Crippen molar-refractivity contribution in [2.75, 3.05) is 0 Å². The second kappa shape index (κ2) is 4.01. The van der Waals surface area contributed by atoms with Crippen molar-refractivity contribution < 1.29 is 14.3 Å². The quantitative estimate of drug-likeness (QED) is 0.866. The Morgan fingerprint density at radius 3 is 2.87 bits per heavy atom. The fourth-order valence-electron chi connectivity index (χ4n) is 1.13. The third kappa shape index (κ3) is 2.17. The van der Waals surface area contributed by atoms with Crippen molar-refractivity contribution in [3.8, 4) is 11.5 Å². The van der Waals surface area contributed by atoms with Crippen molar-refractivity contribution in [3.63, 3.8) is 0 Å². The van der Waals surface area contributed by atoms with E-state index in [2.05, 4.69) is 27.6 Å². The zero-order chi connectivity index (χ0) is 10.8. The monoisotopic (exact) mass is 315 g/mol. The molecule has 0 aliphatic carbocycles. The zero-order valence-corrected chi connectivity index (χ0v) is 9.63. The first-order valence-corrected chi connectivity index (χ1v) is 5.19. The van der Waals surface area contributed by atoms with Crippen LogP contribution in [0, 0.1) is 3.57 Å². The summed E-state index contributed by atoms with van der Waals surface area (Å²) in [5.74, 6) is -0.762. The summed E-state index contributed by atoms with van der Waals surface area (Å²) in [6.45, 7) is 0. The summed E-state index contributed by atoms with van der Waals surface area (Å²) < 4.78 is 6.11. The van der Waals surface area contributed by atoms with E-state index < -0.39 is 5.97 Å². The molecule has 2 rings (SSSR count). The highest BCUT2D eigenvalue weighted by Crippen LogP contribution is 2.20. The molecule has 2 aromatic rings. The number of hydrogen-bond acceptors (Lipinski definition) is 3. The van der Waals surface area contributed by atoms with Gasteiger partial charge in [-0.05, 0) is 40.8 Å². The highest BCUT2D eigenvalue weighted by Gasteiger charge is 2.11. The van der Waals surface area contributed by atoms with Gasteiger partial charge in [-0.25, -0.2) is 9.78 Å². The van der Waals surface area contributed by atoms with Crippen LogP contribution in [0.4, 0.5) is 0 Å². The first kappa shape index (κ1) is 10.2. The summed E-state index contributed by atoms with van der Waals surface area (Å²) in [5.41, 5.74) is 0.693. The molecule has 0 aliphatic rings. The lowest BCUT2D eigenvalue weighted by atomic mass is 10.2. The Morgan fingerprint density at radius 1 is 1.47 bits per heavy atom. The summed E-state index contributed by atoms with van der Waals surface area (Å²) >= 11 is 2.17. The molecule has 0 saturated heterocycles. The highest BCUT2D eigenvalue weighted by atomic mass is 127. The third-order valence-corrected chi connectivity index (χ3v) is 2.47. The van der Waals surface area contributed by atoms with E-state index in [4.69, 9.17) is 9.52 Å². The minimum absolute atomic E-state index is 0.0798. The summed E-state index contributed by atoms with van der Waals surface area (Å²) in [6, 6.07) is 7.49. The number of aromatic nitrogens is 1. The van der Waals surface area contributed by atoms with E-state index in [1.54, 1.807) is 0 Å². The Bertz CT molecular complexity index is 507. The van der Waals surface area contributed by atoms with Gasteiger partial charge < -0.3 is 9.52 Å². The third-order valence-electron chi connectivity index (χ3n) is 1.79. The van der Waals surface area contributed by atoms with Crippen molar-refractivity contribution in [1.29, 1.82) is 0 Å². The molecule has 1 N–H and O–H groups in total. The number of hydrogen-bond donors (Lipinski definition) is 1. The molecule has 76 valence electrons. The fraction of sp³-hybridized carbons (Fsp3) is 0. The molecule has 1 aromatic heterocycles. The van der Waals surface area contributed by atoms with Gasteiger partial charge in [-0.2, -0.15) is 0 Å². The molecule has 0 saturated carbocycles. The van der Waals surface area contributed by atoms with Crippen molar-refractivity contribution >= 4 is 28.6 Å². The standard InChI is InChI=1S/C10H6INO3/c11-7-3-1-2-6(4-7)9-12-8(5-15-9)10(13)14/h1-5H,(H,13,14). The molecule has 0 amide bonds. The van der Waals surface area contributed by atoms with Crippen LogP contribution in [0.3, 0.4) is 0 Å².